The first-order chi connectivity index (χ1) is 11.2. The summed E-state index contributed by atoms with van der Waals surface area (Å²) in [6.45, 7) is 5.65. The molecule has 0 amide bonds. The van der Waals surface area contributed by atoms with E-state index in [0.29, 0.717) is 25.1 Å². The summed E-state index contributed by atoms with van der Waals surface area (Å²) in [7, 11) is 0. The Bertz CT molecular complexity index is 654. The lowest BCUT2D eigenvalue weighted by molar-refractivity contribution is -0.141. The van der Waals surface area contributed by atoms with Crippen LogP contribution in [0, 0.1) is 0 Å². The van der Waals surface area contributed by atoms with Crippen molar-refractivity contribution in [3.8, 4) is 0 Å². The molecular formula is C18H23N3O2. The van der Waals surface area contributed by atoms with Gasteiger partial charge in [-0.3, -0.25) is 4.79 Å². The summed E-state index contributed by atoms with van der Waals surface area (Å²) in [5.41, 5.74) is 2.48. The van der Waals surface area contributed by atoms with E-state index in [4.69, 9.17) is 4.74 Å². The number of fused-ring (bicyclic) bond motifs is 1. The fourth-order valence-corrected chi connectivity index (χ4v) is 3.36. The zero-order valence-corrected chi connectivity index (χ0v) is 13.7. The lowest BCUT2D eigenvalue weighted by atomic mass is 9.94. The van der Waals surface area contributed by atoms with E-state index >= 15 is 0 Å². The average Bonchev–Trinajstić information content (AvgIpc) is 3.17. The molecule has 0 aliphatic carbocycles. The third kappa shape index (κ3) is 3.38. The molecule has 0 radical (unpaired) electrons. The number of imidazole rings is 1. The molecule has 0 N–H and O–H groups in total. The summed E-state index contributed by atoms with van der Waals surface area (Å²) in [5.74, 6) is 0.253. The number of nitrogens with zero attached hydrogens (tertiary/aromatic N) is 3. The van der Waals surface area contributed by atoms with E-state index in [1.54, 1.807) is 0 Å². The van der Waals surface area contributed by atoms with Gasteiger partial charge in [0, 0.05) is 36.6 Å². The van der Waals surface area contributed by atoms with Crippen molar-refractivity contribution in [1.29, 1.82) is 0 Å². The van der Waals surface area contributed by atoms with Crippen LogP contribution >= 0.6 is 0 Å². The predicted molar refractivity (Wildman–Crippen MR) is 89.6 cm³/mol. The molecule has 5 heteroatoms. The van der Waals surface area contributed by atoms with Gasteiger partial charge in [-0.15, -0.1) is 0 Å². The molecule has 0 saturated carbocycles. The molecule has 122 valence electrons. The van der Waals surface area contributed by atoms with Gasteiger partial charge in [0.25, 0.3) is 0 Å². The van der Waals surface area contributed by atoms with E-state index in [-0.39, 0.29) is 5.97 Å². The van der Waals surface area contributed by atoms with E-state index in [1.165, 1.54) is 5.56 Å². The maximum atomic E-state index is 11.8. The molecule has 2 atom stereocenters. The van der Waals surface area contributed by atoms with Gasteiger partial charge < -0.3 is 14.2 Å². The summed E-state index contributed by atoms with van der Waals surface area (Å²) in [4.78, 5) is 18.1. The van der Waals surface area contributed by atoms with E-state index in [9.17, 15) is 4.79 Å². The maximum Gasteiger partial charge on any atom is 0.325 e. The van der Waals surface area contributed by atoms with Gasteiger partial charge in [0.05, 0.1) is 12.9 Å². The fraction of sp³-hybridized carbons (Fsp3) is 0.444. The number of aromatic nitrogens is 2. The van der Waals surface area contributed by atoms with Crippen LogP contribution in [0.3, 0.4) is 0 Å². The largest absolute Gasteiger partial charge is 0.465 e. The van der Waals surface area contributed by atoms with Crippen LogP contribution in [0.25, 0.3) is 0 Å². The predicted octanol–water partition coefficient (Wildman–Crippen LogP) is 3.00. The van der Waals surface area contributed by atoms with Crippen molar-refractivity contribution in [2.45, 2.75) is 32.2 Å². The molecule has 2 unspecified atom stereocenters. The lowest BCUT2D eigenvalue weighted by Crippen LogP contribution is -2.30. The van der Waals surface area contributed by atoms with Crippen molar-refractivity contribution >= 4 is 11.7 Å². The van der Waals surface area contributed by atoms with Crippen LogP contribution in [-0.4, -0.2) is 35.2 Å². The Morgan fingerprint density at radius 1 is 1.43 bits per heavy atom. The average molecular weight is 313 g/mol. The van der Waals surface area contributed by atoms with E-state index in [2.05, 4.69) is 39.6 Å². The normalized spacial score (nSPS) is 17.8. The molecule has 1 aromatic carbocycles. The second kappa shape index (κ2) is 6.86. The third-order valence-corrected chi connectivity index (χ3v) is 4.44. The van der Waals surface area contributed by atoms with Gasteiger partial charge in [-0.05, 0) is 31.9 Å². The minimum atomic E-state index is -0.161. The quantitative estimate of drug-likeness (QED) is 0.769. The first-order valence-corrected chi connectivity index (χ1v) is 8.16. The highest BCUT2D eigenvalue weighted by molar-refractivity contribution is 5.77. The molecule has 1 aliphatic heterocycles. The highest BCUT2D eigenvalue weighted by Crippen LogP contribution is 2.40. The van der Waals surface area contributed by atoms with E-state index in [0.717, 1.165) is 18.7 Å². The Labute approximate surface area is 136 Å². The number of rotatable bonds is 6. The summed E-state index contributed by atoms with van der Waals surface area (Å²) in [5, 5.41) is 0. The maximum absolute atomic E-state index is 11.8. The molecular weight excluding hydrogens is 290 g/mol. The smallest absolute Gasteiger partial charge is 0.325 e. The zero-order chi connectivity index (χ0) is 16.2. The molecule has 0 spiro atoms. The van der Waals surface area contributed by atoms with Crippen LogP contribution in [-0.2, 0) is 9.53 Å². The van der Waals surface area contributed by atoms with Gasteiger partial charge in [0.2, 0.25) is 0 Å². The topological polar surface area (TPSA) is 47.4 Å². The van der Waals surface area contributed by atoms with Crippen molar-refractivity contribution in [1.82, 2.24) is 9.55 Å². The third-order valence-electron chi connectivity index (χ3n) is 4.44. The van der Waals surface area contributed by atoms with Gasteiger partial charge in [-0.1, -0.05) is 18.2 Å². The molecule has 23 heavy (non-hydrogen) atoms. The van der Waals surface area contributed by atoms with Gasteiger partial charge in [0.15, 0.2) is 0 Å². The lowest BCUT2D eigenvalue weighted by Gasteiger charge is -2.20. The molecule has 1 aliphatic rings. The van der Waals surface area contributed by atoms with Gasteiger partial charge in [-0.25, -0.2) is 4.98 Å². The summed E-state index contributed by atoms with van der Waals surface area (Å²) in [6.07, 6.45) is 6.70. The molecule has 0 bridgehead atoms. The summed E-state index contributed by atoms with van der Waals surface area (Å²) >= 11 is 0. The minimum Gasteiger partial charge on any atom is -0.465 e. The van der Waals surface area contributed by atoms with Crippen LogP contribution in [0.15, 0.2) is 43.0 Å². The number of hydrogen-bond acceptors (Lipinski definition) is 4. The number of anilines is 1. The van der Waals surface area contributed by atoms with E-state index < -0.39 is 0 Å². The Morgan fingerprint density at radius 2 is 2.26 bits per heavy atom. The number of para-hydroxylation sites is 1. The van der Waals surface area contributed by atoms with Crippen molar-refractivity contribution in [3.63, 3.8) is 0 Å². The van der Waals surface area contributed by atoms with Crippen LogP contribution < -0.4 is 4.90 Å². The minimum absolute atomic E-state index is 0.161. The number of hydrogen-bond donors (Lipinski definition) is 0. The molecule has 3 rings (SSSR count). The van der Waals surface area contributed by atoms with E-state index in [1.807, 2.05) is 31.7 Å². The fourth-order valence-electron chi connectivity index (χ4n) is 3.36. The van der Waals surface area contributed by atoms with Crippen molar-refractivity contribution < 1.29 is 9.53 Å². The van der Waals surface area contributed by atoms with Crippen molar-refractivity contribution in [2.75, 3.05) is 24.6 Å². The molecule has 0 fully saturated rings. The number of esters is 1. The Morgan fingerprint density at radius 3 is 3.00 bits per heavy atom. The number of benzene rings is 1. The van der Waals surface area contributed by atoms with Crippen LogP contribution in [0.2, 0.25) is 0 Å². The molecule has 2 heterocycles. The monoisotopic (exact) mass is 313 g/mol. The SMILES string of the molecule is CCOC(=O)CN1CC(CC(C)n2ccnc2)c2ccccc21. The molecule has 0 saturated heterocycles. The first kappa shape index (κ1) is 15.6. The Kier molecular flexibility index (Phi) is 4.65. The van der Waals surface area contributed by atoms with Gasteiger partial charge in [-0.2, -0.15) is 0 Å². The first-order valence-electron chi connectivity index (χ1n) is 8.16. The number of carbonyl (C=O) groups excluding carboxylic acids is 1. The van der Waals surface area contributed by atoms with Crippen LogP contribution in [0.5, 0.6) is 0 Å². The van der Waals surface area contributed by atoms with Crippen LogP contribution in [0.1, 0.15) is 37.8 Å². The molecule has 1 aromatic heterocycles. The number of carbonyl (C=O) groups is 1. The number of ether oxygens (including phenoxy) is 1. The summed E-state index contributed by atoms with van der Waals surface area (Å²) < 4.78 is 7.24. The highest BCUT2D eigenvalue weighted by Gasteiger charge is 2.30. The van der Waals surface area contributed by atoms with Gasteiger partial charge in [0.1, 0.15) is 6.54 Å². The second-order valence-electron chi connectivity index (χ2n) is 6.04. The van der Waals surface area contributed by atoms with Crippen molar-refractivity contribution in [2.24, 2.45) is 0 Å². The zero-order valence-electron chi connectivity index (χ0n) is 13.7. The van der Waals surface area contributed by atoms with Crippen molar-refractivity contribution in [3.05, 3.63) is 48.5 Å². The standard InChI is InChI=1S/C18H23N3O2/c1-3-23-18(22)12-21-11-15(16-6-4-5-7-17(16)21)10-14(2)20-9-8-19-13-20/h4-9,13-15H,3,10-12H2,1-2H3. The Hall–Kier alpha value is -2.30. The second-order valence-corrected chi connectivity index (χ2v) is 6.04. The van der Waals surface area contributed by atoms with Crippen LogP contribution in [0.4, 0.5) is 5.69 Å². The molecule has 5 nitrogen and oxygen atoms in total. The Balaban J connectivity index is 1.74. The van der Waals surface area contributed by atoms with Gasteiger partial charge >= 0.3 is 5.97 Å². The highest BCUT2D eigenvalue weighted by atomic mass is 16.5. The molecule has 2 aromatic rings. The summed E-state index contributed by atoms with van der Waals surface area (Å²) in [6, 6.07) is 8.74.